The Labute approximate surface area is 113 Å². The molecular formula is C14H20N2O3. The summed E-state index contributed by atoms with van der Waals surface area (Å²) in [5.41, 5.74) is 0.769. The smallest absolute Gasteiger partial charge is 0.321 e. The molecule has 0 fully saturated rings. The molecule has 0 heterocycles. The topological polar surface area (TPSA) is 69.6 Å². The number of amides is 2. The molecule has 0 aliphatic carbocycles. The van der Waals surface area contributed by atoms with Crippen LogP contribution in [-0.2, 0) is 4.79 Å². The van der Waals surface area contributed by atoms with E-state index in [1.807, 2.05) is 37.3 Å². The van der Waals surface area contributed by atoms with Gasteiger partial charge in [-0.2, -0.15) is 0 Å². The number of nitrogens with zero attached hydrogens (tertiary/aromatic N) is 1. The van der Waals surface area contributed by atoms with Crippen LogP contribution in [0.15, 0.2) is 30.3 Å². The molecule has 19 heavy (non-hydrogen) atoms. The molecule has 0 aliphatic heterocycles. The molecule has 1 atom stereocenters. The van der Waals surface area contributed by atoms with E-state index in [2.05, 4.69) is 5.32 Å². The van der Waals surface area contributed by atoms with Gasteiger partial charge in [0.05, 0.1) is 6.42 Å². The van der Waals surface area contributed by atoms with Crippen molar-refractivity contribution in [3.8, 4) is 0 Å². The van der Waals surface area contributed by atoms with Gasteiger partial charge >= 0.3 is 12.0 Å². The number of carbonyl (C=O) groups excluding carboxylic acids is 1. The Balaban J connectivity index is 2.63. The minimum atomic E-state index is -0.902. The van der Waals surface area contributed by atoms with Gasteiger partial charge in [0.25, 0.3) is 0 Å². The monoisotopic (exact) mass is 264 g/mol. The van der Waals surface area contributed by atoms with Crippen LogP contribution in [0.3, 0.4) is 0 Å². The Morgan fingerprint density at radius 1 is 1.32 bits per heavy atom. The van der Waals surface area contributed by atoms with E-state index < -0.39 is 5.97 Å². The predicted octanol–water partition coefficient (Wildman–Crippen LogP) is 2.48. The largest absolute Gasteiger partial charge is 0.481 e. The first-order valence-electron chi connectivity index (χ1n) is 6.35. The van der Waals surface area contributed by atoms with Gasteiger partial charge in [0.2, 0.25) is 0 Å². The van der Waals surface area contributed by atoms with Gasteiger partial charge in [-0.15, -0.1) is 0 Å². The van der Waals surface area contributed by atoms with E-state index in [9.17, 15) is 9.59 Å². The summed E-state index contributed by atoms with van der Waals surface area (Å²) in [5.74, 6) is -0.902. The third-order valence-corrected chi connectivity index (χ3v) is 2.83. The number of carbonyl (C=O) groups is 2. The first-order chi connectivity index (χ1) is 9.04. The zero-order valence-corrected chi connectivity index (χ0v) is 11.3. The van der Waals surface area contributed by atoms with Gasteiger partial charge in [-0.3, -0.25) is 9.69 Å². The Hall–Kier alpha value is -2.04. The summed E-state index contributed by atoms with van der Waals surface area (Å²) in [7, 11) is 1.66. The Bertz CT molecular complexity index is 420. The van der Waals surface area contributed by atoms with Gasteiger partial charge < -0.3 is 10.4 Å². The number of hydrogen-bond donors (Lipinski definition) is 2. The summed E-state index contributed by atoms with van der Waals surface area (Å²) in [4.78, 5) is 24.2. The van der Waals surface area contributed by atoms with E-state index in [0.29, 0.717) is 6.42 Å². The van der Waals surface area contributed by atoms with Crippen molar-refractivity contribution in [3.05, 3.63) is 30.3 Å². The lowest BCUT2D eigenvalue weighted by Crippen LogP contribution is -2.44. The fourth-order valence-corrected chi connectivity index (χ4v) is 1.82. The molecule has 0 radical (unpaired) electrons. The molecule has 5 heteroatoms. The molecule has 0 aliphatic rings. The van der Waals surface area contributed by atoms with E-state index in [1.54, 1.807) is 7.05 Å². The number of aliphatic carboxylic acids is 1. The van der Waals surface area contributed by atoms with Crippen LogP contribution in [0.2, 0.25) is 0 Å². The second-order valence-corrected chi connectivity index (χ2v) is 4.43. The Morgan fingerprint density at radius 2 is 1.95 bits per heavy atom. The van der Waals surface area contributed by atoms with E-state index in [-0.39, 0.29) is 18.5 Å². The first-order valence-corrected chi connectivity index (χ1v) is 6.35. The van der Waals surface area contributed by atoms with Crippen LogP contribution in [0.25, 0.3) is 0 Å². The summed E-state index contributed by atoms with van der Waals surface area (Å²) in [6.45, 7) is 1.96. The first kappa shape index (κ1) is 15.0. The van der Waals surface area contributed by atoms with E-state index in [0.717, 1.165) is 12.1 Å². The lowest BCUT2D eigenvalue weighted by molar-refractivity contribution is -0.137. The molecular weight excluding hydrogens is 244 g/mol. The summed E-state index contributed by atoms with van der Waals surface area (Å²) in [6, 6.07) is 8.60. The van der Waals surface area contributed by atoms with E-state index >= 15 is 0 Å². The maximum Gasteiger partial charge on any atom is 0.321 e. The Morgan fingerprint density at radius 3 is 2.47 bits per heavy atom. The highest BCUT2D eigenvalue weighted by Gasteiger charge is 2.18. The van der Waals surface area contributed by atoms with Crippen molar-refractivity contribution in [2.24, 2.45) is 0 Å². The standard InChI is InChI=1S/C14H20N2O3/c1-3-7-11(10-13(17)18)15-14(19)16(2)12-8-5-4-6-9-12/h4-6,8-9,11H,3,7,10H2,1-2H3,(H,15,19)(H,17,18). The van der Waals surface area contributed by atoms with Gasteiger partial charge in [-0.25, -0.2) is 4.79 Å². The van der Waals surface area contributed by atoms with Gasteiger partial charge in [0.15, 0.2) is 0 Å². The van der Waals surface area contributed by atoms with Crippen LogP contribution in [0, 0.1) is 0 Å². The van der Waals surface area contributed by atoms with E-state index in [1.165, 1.54) is 4.90 Å². The molecule has 2 N–H and O–H groups in total. The molecule has 0 spiro atoms. The molecule has 1 rings (SSSR count). The summed E-state index contributed by atoms with van der Waals surface area (Å²) in [5, 5.41) is 11.6. The number of rotatable bonds is 6. The average molecular weight is 264 g/mol. The molecule has 104 valence electrons. The molecule has 0 aromatic heterocycles. The van der Waals surface area contributed by atoms with Crippen LogP contribution >= 0.6 is 0 Å². The third kappa shape index (κ3) is 4.99. The number of nitrogens with one attached hydrogen (secondary N) is 1. The quantitative estimate of drug-likeness (QED) is 0.829. The van der Waals surface area contributed by atoms with Crippen molar-refractivity contribution in [3.63, 3.8) is 0 Å². The summed E-state index contributed by atoms with van der Waals surface area (Å²) < 4.78 is 0. The second-order valence-electron chi connectivity index (χ2n) is 4.43. The van der Waals surface area contributed by atoms with E-state index in [4.69, 9.17) is 5.11 Å². The predicted molar refractivity (Wildman–Crippen MR) is 74.3 cm³/mol. The van der Waals surface area contributed by atoms with Crippen molar-refractivity contribution in [2.45, 2.75) is 32.2 Å². The maximum atomic E-state index is 12.0. The number of benzene rings is 1. The molecule has 0 saturated carbocycles. The summed E-state index contributed by atoms with van der Waals surface area (Å²) >= 11 is 0. The highest BCUT2D eigenvalue weighted by molar-refractivity contribution is 5.91. The number of carboxylic acid groups (broad SMARTS) is 1. The number of para-hydroxylation sites is 1. The lowest BCUT2D eigenvalue weighted by Gasteiger charge is -2.22. The average Bonchev–Trinajstić information content (AvgIpc) is 2.38. The van der Waals surface area contributed by atoms with Crippen LogP contribution in [0.5, 0.6) is 0 Å². The van der Waals surface area contributed by atoms with Crippen molar-refractivity contribution < 1.29 is 14.7 Å². The van der Waals surface area contributed by atoms with Gasteiger partial charge in [0, 0.05) is 18.8 Å². The molecule has 5 nitrogen and oxygen atoms in total. The molecule has 2 amide bonds. The SMILES string of the molecule is CCCC(CC(=O)O)NC(=O)N(C)c1ccccc1. The maximum absolute atomic E-state index is 12.0. The van der Waals surface area contributed by atoms with Crippen molar-refractivity contribution >= 4 is 17.7 Å². The fourth-order valence-electron chi connectivity index (χ4n) is 1.82. The normalized spacial score (nSPS) is 11.7. The van der Waals surface area contributed by atoms with Crippen LogP contribution < -0.4 is 10.2 Å². The summed E-state index contributed by atoms with van der Waals surface area (Å²) in [6.07, 6.45) is 1.43. The second kappa shape index (κ2) is 7.41. The fraction of sp³-hybridized carbons (Fsp3) is 0.429. The highest BCUT2D eigenvalue weighted by Crippen LogP contribution is 2.12. The molecule has 1 unspecified atom stereocenters. The number of carboxylic acids is 1. The lowest BCUT2D eigenvalue weighted by atomic mass is 10.1. The molecule has 0 bridgehead atoms. The zero-order chi connectivity index (χ0) is 14.3. The molecule has 0 saturated heterocycles. The van der Waals surface area contributed by atoms with Crippen molar-refractivity contribution in [1.29, 1.82) is 0 Å². The van der Waals surface area contributed by atoms with Crippen LogP contribution in [0.1, 0.15) is 26.2 Å². The number of hydrogen-bond acceptors (Lipinski definition) is 2. The zero-order valence-electron chi connectivity index (χ0n) is 11.3. The number of anilines is 1. The van der Waals surface area contributed by atoms with Gasteiger partial charge in [-0.05, 0) is 18.6 Å². The van der Waals surface area contributed by atoms with Crippen molar-refractivity contribution in [1.82, 2.24) is 5.32 Å². The van der Waals surface area contributed by atoms with Crippen LogP contribution in [0.4, 0.5) is 10.5 Å². The molecule has 1 aromatic rings. The van der Waals surface area contributed by atoms with Gasteiger partial charge in [0.1, 0.15) is 0 Å². The van der Waals surface area contributed by atoms with Crippen molar-refractivity contribution in [2.75, 3.05) is 11.9 Å². The highest BCUT2D eigenvalue weighted by atomic mass is 16.4. The van der Waals surface area contributed by atoms with Crippen LogP contribution in [-0.4, -0.2) is 30.2 Å². The third-order valence-electron chi connectivity index (χ3n) is 2.83. The number of urea groups is 1. The Kier molecular flexibility index (Phi) is 5.85. The minimum Gasteiger partial charge on any atom is -0.481 e. The molecule has 1 aromatic carbocycles. The van der Waals surface area contributed by atoms with Gasteiger partial charge in [-0.1, -0.05) is 31.5 Å². The minimum absolute atomic E-state index is 0.0534.